The Labute approximate surface area is 124 Å². The first-order chi connectivity index (χ1) is 9.66. The number of aryl methyl sites for hydroxylation is 1. The average Bonchev–Trinajstić information content (AvgIpc) is 2.85. The summed E-state index contributed by atoms with van der Waals surface area (Å²) in [4.78, 5) is 4.32. The van der Waals surface area contributed by atoms with Crippen molar-refractivity contribution in [3.8, 4) is 22.5 Å². The second kappa shape index (κ2) is 5.09. The second-order valence-electron chi connectivity index (χ2n) is 4.45. The van der Waals surface area contributed by atoms with Crippen molar-refractivity contribution in [3.63, 3.8) is 0 Å². The Morgan fingerprint density at radius 3 is 2.75 bits per heavy atom. The van der Waals surface area contributed by atoms with Crippen LogP contribution in [0, 0.1) is 6.92 Å². The van der Waals surface area contributed by atoms with Crippen LogP contribution in [0.5, 0.6) is 0 Å². The van der Waals surface area contributed by atoms with Crippen LogP contribution in [-0.4, -0.2) is 10.1 Å². The van der Waals surface area contributed by atoms with Crippen LogP contribution in [0.15, 0.2) is 51.6 Å². The largest absolute Gasteiger partial charge is 0.367 e. The van der Waals surface area contributed by atoms with Gasteiger partial charge < -0.3 is 10.3 Å². The Kier molecular flexibility index (Phi) is 3.28. The first-order valence-electron chi connectivity index (χ1n) is 6.10. The maximum Gasteiger partial charge on any atom is 0.232 e. The summed E-state index contributed by atoms with van der Waals surface area (Å²) in [5.41, 5.74) is 10.2. The molecule has 20 heavy (non-hydrogen) atoms. The zero-order valence-electron chi connectivity index (χ0n) is 10.8. The molecular formula is C15H12BrN3O. The molecule has 0 fully saturated rings. The molecule has 0 bridgehead atoms. The summed E-state index contributed by atoms with van der Waals surface area (Å²) in [5.74, 6) is 0.277. The SMILES string of the molecule is Cc1cc(-c2noc(N)c2-c2ccccn2)ccc1Br. The van der Waals surface area contributed by atoms with E-state index in [4.69, 9.17) is 10.3 Å². The van der Waals surface area contributed by atoms with Gasteiger partial charge in [0.1, 0.15) is 5.69 Å². The molecule has 0 atom stereocenters. The van der Waals surface area contributed by atoms with Crippen LogP contribution in [0.1, 0.15) is 5.56 Å². The summed E-state index contributed by atoms with van der Waals surface area (Å²) in [7, 11) is 0. The highest BCUT2D eigenvalue weighted by atomic mass is 79.9. The van der Waals surface area contributed by atoms with Crippen LogP contribution in [-0.2, 0) is 0 Å². The van der Waals surface area contributed by atoms with E-state index in [0.717, 1.165) is 26.9 Å². The molecule has 0 aliphatic heterocycles. The molecule has 0 radical (unpaired) electrons. The molecule has 0 amide bonds. The van der Waals surface area contributed by atoms with Gasteiger partial charge in [-0.05, 0) is 36.8 Å². The van der Waals surface area contributed by atoms with Gasteiger partial charge in [-0.3, -0.25) is 4.98 Å². The van der Waals surface area contributed by atoms with E-state index in [2.05, 4.69) is 26.1 Å². The highest BCUT2D eigenvalue weighted by Gasteiger charge is 2.18. The number of anilines is 1. The van der Waals surface area contributed by atoms with Gasteiger partial charge in [0.05, 0.1) is 11.3 Å². The summed E-state index contributed by atoms with van der Waals surface area (Å²) < 4.78 is 6.20. The average molecular weight is 330 g/mol. The van der Waals surface area contributed by atoms with Crippen LogP contribution in [0.3, 0.4) is 0 Å². The maximum absolute atomic E-state index is 5.90. The molecule has 2 N–H and O–H groups in total. The van der Waals surface area contributed by atoms with Crippen molar-refractivity contribution in [2.45, 2.75) is 6.92 Å². The zero-order chi connectivity index (χ0) is 14.1. The Hall–Kier alpha value is -2.14. The van der Waals surface area contributed by atoms with Crippen LogP contribution in [0.2, 0.25) is 0 Å². The minimum Gasteiger partial charge on any atom is -0.367 e. The highest BCUT2D eigenvalue weighted by molar-refractivity contribution is 9.10. The van der Waals surface area contributed by atoms with Crippen molar-refractivity contribution in [2.75, 3.05) is 5.73 Å². The maximum atomic E-state index is 5.90. The topological polar surface area (TPSA) is 64.9 Å². The summed E-state index contributed by atoms with van der Waals surface area (Å²) in [6.07, 6.45) is 1.72. The predicted octanol–water partition coefficient (Wildman–Crippen LogP) is 4.06. The molecule has 3 rings (SSSR count). The van der Waals surface area contributed by atoms with Crippen molar-refractivity contribution in [1.29, 1.82) is 0 Å². The number of nitrogen functional groups attached to an aromatic ring is 1. The number of halogens is 1. The molecule has 2 heterocycles. The molecule has 0 aliphatic carbocycles. The summed E-state index contributed by atoms with van der Waals surface area (Å²) in [5, 5.41) is 4.08. The Morgan fingerprint density at radius 2 is 2.05 bits per heavy atom. The second-order valence-corrected chi connectivity index (χ2v) is 5.30. The first-order valence-corrected chi connectivity index (χ1v) is 6.89. The normalized spacial score (nSPS) is 10.7. The van der Waals surface area contributed by atoms with E-state index in [1.165, 1.54) is 0 Å². The smallest absolute Gasteiger partial charge is 0.232 e. The minimum absolute atomic E-state index is 0.277. The van der Waals surface area contributed by atoms with E-state index < -0.39 is 0 Å². The van der Waals surface area contributed by atoms with Crippen LogP contribution >= 0.6 is 15.9 Å². The fraction of sp³-hybridized carbons (Fsp3) is 0.0667. The van der Waals surface area contributed by atoms with E-state index >= 15 is 0 Å². The number of nitrogens with zero attached hydrogens (tertiary/aromatic N) is 2. The molecule has 0 unspecified atom stereocenters. The van der Waals surface area contributed by atoms with Gasteiger partial charge in [0.15, 0.2) is 0 Å². The van der Waals surface area contributed by atoms with Gasteiger partial charge in [0, 0.05) is 16.2 Å². The third kappa shape index (κ3) is 2.20. The number of hydrogen-bond acceptors (Lipinski definition) is 4. The molecule has 100 valence electrons. The quantitative estimate of drug-likeness (QED) is 0.770. The van der Waals surface area contributed by atoms with E-state index in [1.807, 2.05) is 43.3 Å². The number of aromatic nitrogens is 2. The molecule has 0 saturated heterocycles. The first kappa shape index (κ1) is 12.9. The van der Waals surface area contributed by atoms with Crippen molar-refractivity contribution < 1.29 is 4.52 Å². The zero-order valence-corrected chi connectivity index (χ0v) is 12.4. The fourth-order valence-electron chi connectivity index (χ4n) is 2.05. The van der Waals surface area contributed by atoms with Gasteiger partial charge in [-0.1, -0.05) is 33.2 Å². The van der Waals surface area contributed by atoms with E-state index in [0.29, 0.717) is 5.69 Å². The lowest BCUT2D eigenvalue weighted by Crippen LogP contribution is -1.90. The molecule has 4 nitrogen and oxygen atoms in total. The van der Waals surface area contributed by atoms with Crippen molar-refractivity contribution >= 4 is 21.8 Å². The minimum atomic E-state index is 0.277. The van der Waals surface area contributed by atoms with Gasteiger partial charge in [0.2, 0.25) is 5.88 Å². The van der Waals surface area contributed by atoms with Crippen LogP contribution in [0.25, 0.3) is 22.5 Å². The van der Waals surface area contributed by atoms with E-state index in [9.17, 15) is 0 Å². The summed E-state index contributed by atoms with van der Waals surface area (Å²) >= 11 is 3.49. The van der Waals surface area contributed by atoms with Gasteiger partial charge in [-0.15, -0.1) is 0 Å². The Balaban J connectivity index is 2.18. The number of nitrogens with two attached hydrogens (primary N) is 1. The summed E-state index contributed by atoms with van der Waals surface area (Å²) in [6, 6.07) is 11.6. The number of pyridine rings is 1. The van der Waals surface area contributed by atoms with Gasteiger partial charge in [0.25, 0.3) is 0 Å². The molecule has 0 aliphatic rings. The van der Waals surface area contributed by atoms with E-state index in [-0.39, 0.29) is 5.88 Å². The summed E-state index contributed by atoms with van der Waals surface area (Å²) in [6.45, 7) is 2.03. The standard InChI is InChI=1S/C15H12BrN3O/c1-9-8-10(5-6-11(9)16)14-13(15(17)20-19-14)12-4-2-3-7-18-12/h2-8H,17H2,1H3. The fourth-order valence-corrected chi connectivity index (χ4v) is 2.30. The highest BCUT2D eigenvalue weighted by Crippen LogP contribution is 2.36. The molecule has 3 aromatic rings. The van der Waals surface area contributed by atoms with Gasteiger partial charge >= 0.3 is 0 Å². The van der Waals surface area contributed by atoms with Crippen molar-refractivity contribution in [2.24, 2.45) is 0 Å². The molecule has 1 aromatic carbocycles. The molecule has 5 heteroatoms. The Bertz CT molecular complexity index is 753. The lowest BCUT2D eigenvalue weighted by molar-refractivity contribution is 0.439. The van der Waals surface area contributed by atoms with Crippen molar-refractivity contribution in [3.05, 3.63) is 52.6 Å². The Morgan fingerprint density at radius 1 is 1.20 bits per heavy atom. The van der Waals surface area contributed by atoms with Gasteiger partial charge in [-0.25, -0.2) is 0 Å². The monoisotopic (exact) mass is 329 g/mol. The lowest BCUT2D eigenvalue weighted by Gasteiger charge is -2.04. The third-order valence-corrected chi connectivity index (χ3v) is 3.96. The predicted molar refractivity (Wildman–Crippen MR) is 82.0 cm³/mol. The number of benzene rings is 1. The third-order valence-electron chi connectivity index (χ3n) is 3.07. The lowest BCUT2D eigenvalue weighted by atomic mass is 10.0. The van der Waals surface area contributed by atoms with Gasteiger partial charge in [-0.2, -0.15) is 0 Å². The van der Waals surface area contributed by atoms with Crippen molar-refractivity contribution in [1.82, 2.24) is 10.1 Å². The molecule has 0 saturated carbocycles. The van der Waals surface area contributed by atoms with Crippen LogP contribution in [0.4, 0.5) is 5.88 Å². The molecular weight excluding hydrogens is 318 g/mol. The molecule has 2 aromatic heterocycles. The number of hydrogen-bond donors (Lipinski definition) is 1. The number of rotatable bonds is 2. The van der Waals surface area contributed by atoms with Crippen LogP contribution < -0.4 is 5.73 Å². The van der Waals surface area contributed by atoms with E-state index in [1.54, 1.807) is 6.20 Å². The molecule has 0 spiro atoms.